The molecule has 23 heavy (non-hydrogen) atoms. The zero-order valence-electron chi connectivity index (χ0n) is 12.8. The topological polar surface area (TPSA) is 38.3 Å². The molecule has 2 aromatic rings. The molecule has 2 unspecified atom stereocenters. The van der Waals surface area contributed by atoms with Gasteiger partial charge in [-0.3, -0.25) is 0 Å². The Hall–Kier alpha value is -1.46. The van der Waals surface area contributed by atoms with E-state index in [2.05, 4.69) is 40.3 Å². The van der Waals surface area contributed by atoms with Crippen molar-refractivity contribution in [2.45, 2.75) is 24.5 Å². The van der Waals surface area contributed by atoms with E-state index >= 15 is 0 Å². The van der Waals surface area contributed by atoms with E-state index in [0.29, 0.717) is 5.92 Å². The Morgan fingerprint density at radius 3 is 2.87 bits per heavy atom. The largest absolute Gasteiger partial charge is 0.445 e. The van der Waals surface area contributed by atoms with Crippen LogP contribution in [-0.4, -0.2) is 11.8 Å². The molecule has 0 saturated carbocycles. The molecular weight excluding hydrogens is 374 g/mol. The molecule has 120 valence electrons. The number of benzene rings is 2. The lowest BCUT2D eigenvalue weighted by molar-refractivity contribution is 0.132. The Bertz CT molecular complexity index is 693. The smallest absolute Gasteiger partial charge is 0.407 e. The third-order valence-electron chi connectivity index (χ3n) is 3.86. The summed E-state index contributed by atoms with van der Waals surface area (Å²) in [6.45, 7) is 2.44. The van der Waals surface area contributed by atoms with E-state index in [9.17, 15) is 4.79 Å². The van der Waals surface area contributed by atoms with Crippen molar-refractivity contribution in [1.29, 1.82) is 0 Å². The standard InChI is InChI=1S/C18H18BrNO2S/c1-12-11-23-16-8-7-14(19)9-15(16)17(12)20-18(21)22-10-13-5-3-2-4-6-13/h2-9,12,17H,10-11H2,1H3,(H,20,21). The molecule has 0 fully saturated rings. The van der Waals surface area contributed by atoms with E-state index in [1.54, 1.807) is 0 Å². The van der Waals surface area contributed by atoms with Crippen molar-refractivity contribution in [3.63, 3.8) is 0 Å². The molecule has 1 aliphatic heterocycles. The SMILES string of the molecule is CC1CSc2ccc(Br)cc2C1NC(=O)OCc1ccccc1. The van der Waals surface area contributed by atoms with Gasteiger partial charge in [0.1, 0.15) is 6.61 Å². The number of halogens is 1. The molecule has 0 bridgehead atoms. The number of amides is 1. The highest BCUT2D eigenvalue weighted by molar-refractivity contribution is 9.10. The maximum absolute atomic E-state index is 12.2. The van der Waals surface area contributed by atoms with Crippen molar-refractivity contribution in [2.75, 3.05) is 5.75 Å². The Balaban J connectivity index is 1.67. The summed E-state index contributed by atoms with van der Waals surface area (Å²) in [7, 11) is 0. The molecule has 1 heterocycles. The zero-order chi connectivity index (χ0) is 16.2. The van der Waals surface area contributed by atoms with E-state index in [4.69, 9.17) is 4.74 Å². The maximum atomic E-state index is 12.2. The monoisotopic (exact) mass is 391 g/mol. The predicted molar refractivity (Wildman–Crippen MR) is 96.5 cm³/mol. The van der Waals surface area contributed by atoms with Gasteiger partial charge in [-0.2, -0.15) is 0 Å². The van der Waals surface area contributed by atoms with Crippen molar-refractivity contribution in [2.24, 2.45) is 5.92 Å². The molecule has 0 saturated heterocycles. The lowest BCUT2D eigenvalue weighted by Crippen LogP contribution is -2.35. The van der Waals surface area contributed by atoms with Crippen molar-refractivity contribution < 1.29 is 9.53 Å². The van der Waals surface area contributed by atoms with Crippen molar-refractivity contribution >= 4 is 33.8 Å². The second-order valence-corrected chi connectivity index (χ2v) is 7.63. The fraction of sp³-hybridized carbons (Fsp3) is 0.278. The first-order chi connectivity index (χ1) is 11.1. The number of ether oxygens (including phenoxy) is 1. The van der Waals surface area contributed by atoms with Crippen molar-refractivity contribution in [1.82, 2.24) is 5.32 Å². The van der Waals surface area contributed by atoms with Crippen LogP contribution in [0.1, 0.15) is 24.1 Å². The van der Waals surface area contributed by atoms with Crippen LogP contribution in [0.4, 0.5) is 4.79 Å². The van der Waals surface area contributed by atoms with Gasteiger partial charge in [-0.1, -0.05) is 53.2 Å². The summed E-state index contributed by atoms with van der Waals surface area (Å²) in [4.78, 5) is 13.4. The fourth-order valence-electron chi connectivity index (χ4n) is 2.63. The molecule has 0 aliphatic carbocycles. The summed E-state index contributed by atoms with van der Waals surface area (Å²) in [5.74, 6) is 1.34. The molecule has 5 heteroatoms. The summed E-state index contributed by atoms with van der Waals surface area (Å²) in [6, 6.07) is 15.9. The molecule has 0 radical (unpaired) electrons. The van der Waals surface area contributed by atoms with Gasteiger partial charge in [0.05, 0.1) is 6.04 Å². The van der Waals surface area contributed by atoms with Gasteiger partial charge in [-0.25, -0.2) is 4.79 Å². The van der Waals surface area contributed by atoms with Crippen LogP contribution in [0.25, 0.3) is 0 Å². The van der Waals surface area contributed by atoms with E-state index in [0.717, 1.165) is 21.4 Å². The predicted octanol–water partition coefficient (Wildman–Crippen LogP) is 5.16. The molecule has 1 N–H and O–H groups in total. The Morgan fingerprint density at radius 1 is 1.30 bits per heavy atom. The van der Waals surface area contributed by atoms with Gasteiger partial charge >= 0.3 is 6.09 Å². The van der Waals surface area contributed by atoms with Crippen molar-refractivity contribution in [3.8, 4) is 0 Å². The van der Waals surface area contributed by atoms with Crippen LogP contribution in [0.3, 0.4) is 0 Å². The number of carbonyl (C=O) groups is 1. The molecule has 1 aliphatic rings. The Morgan fingerprint density at radius 2 is 2.09 bits per heavy atom. The number of hydrogen-bond donors (Lipinski definition) is 1. The summed E-state index contributed by atoms with van der Waals surface area (Å²) in [6.07, 6.45) is -0.372. The van der Waals surface area contributed by atoms with E-state index in [-0.39, 0.29) is 18.7 Å². The maximum Gasteiger partial charge on any atom is 0.407 e. The molecule has 3 nitrogen and oxygen atoms in total. The number of fused-ring (bicyclic) bond motifs is 1. The van der Waals surface area contributed by atoms with E-state index < -0.39 is 0 Å². The number of rotatable bonds is 3. The molecule has 3 rings (SSSR count). The van der Waals surface area contributed by atoms with Gasteiger partial charge in [0, 0.05) is 15.1 Å². The summed E-state index contributed by atoms with van der Waals surface area (Å²) in [5, 5.41) is 3.03. The first-order valence-electron chi connectivity index (χ1n) is 7.53. The van der Waals surface area contributed by atoms with Crippen LogP contribution in [0.15, 0.2) is 57.9 Å². The van der Waals surface area contributed by atoms with Crippen LogP contribution < -0.4 is 5.32 Å². The lowest BCUT2D eigenvalue weighted by atomic mass is 9.95. The first-order valence-corrected chi connectivity index (χ1v) is 9.31. The van der Waals surface area contributed by atoms with Gasteiger partial charge in [-0.05, 0) is 35.2 Å². The van der Waals surface area contributed by atoms with E-state index in [1.807, 2.05) is 48.2 Å². The Kier molecular flexibility index (Phi) is 5.28. The van der Waals surface area contributed by atoms with Crippen LogP contribution in [0.5, 0.6) is 0 Å². The third kappa shape index (κ3) is 4.09. The molecular formula is C18H18BrNO2S. The summed E-state index contributed by atoms with van der Waals surface area (Å²) >= 11 is 5.35. The third-order valence-corrected chi connectivity index (χ3v) is 5.73. The number of hydrogen-bond acceptors (Lipinski definition) is 3. The van der Waals surface area contributed by atoms with Gasteiger partial charge in [0.2, 0.25) is 0 Å². The van der Waals surface area contributed by atoms with Gasteiger partial charge in [0.15, 0.2) is 0 Å². The first kappa shape index (κ1) is 16.4. The van der Waals surface area contributed by atoms with E-state index in [1.165, 1.54) is 4.90 Å². The zero-order valence-corrected chi connectivity index (χ0v) is 15.2. The minimum absolute atomic E-state index is 0.0213. The highest BCUT2D eigenvalue weighted by atomic mass is 79.9. The van der Waals surface area contributed by atoms with Crippen LogP contribution in [0.2, 0.25) is 0 Å². The van der Waals surface area contributed by atoms with Gasteiger partial charge < -0.3 is 10.1 Å². The highest BCUT2D eigenvalue weighted by Crippen LogP contribution is 2.40. The number of alkyl carbamates (subject to hydrolysis) is 1. The quantitative estimate of drug-likeness (QED) is 0.784. The number of nitrogens with one attached hydrogen (secondary N) is 1. The highest BCUT2D eigenvalue weighted by Gasteiger charge is 2.29. The molecule has 0 spiro atoms. The van der Waals surface area contributed by atoms with Crippen molar-refractivity contribution in [3.05, 3.63) is 64.1 Å². The van der Waals surface area contributed by atoms with Gasteiger partial charge in [-0.15, -0.1) is 11.8 Å². The lowest BCUT2D eigenvalue weighted by Gasteiger charge is -2.31. The average Bonchev–Trinajstić information content (AvgIpc) is 2.57. The molecule has 0 aromatic heterocycles. The molecule has 2 aromatic carbocycles. The van der Waals surface area contributed by atoms with Gasteiger partial charge in [0.25, 0.3) is 0 Å². The number of thioether (sulfide) groups is 1. The average molecular weight is 392 g/mol. The van der Waals surface area contributed by atoms with Crippen LogP contribution in [-0.2, 0) is 11.3 Å². The second-order valence-electron chi connectivity index (χ2n) is 5.65. The van der Waals surface area contributed by atoms with Crippen LogP contribution >= 0.6 is 27.7 Å². The fourth-order valence-corrected chi connectivity index (χ4v) is 4.16. The minimum atomic E-state index is -0.372. The van der Waals surface area contributed by atoms with Crippen LogP contribution in [0, 0.1) is 5.92 Å². The molecule has 2 atom stereocenters. The second kappa shape index (κ2) is 7.41. The summed E-state index contributed by atoms with van der Waals surface area (Å²) < 4.78 is 6.38. The number of carbonyl (C=O) groups excluding carboxylic acids is 1. The normalized spacial score (nSPS) is 19.7. The Labute approximate surface area is 148 Å². The summed E-state index contributed by atoms with van der Waals surface area (Å²) in [5.41, 5.74) is 2.14. The minimum Gasteiger partial charge on any atom is -0.445 e. The molecule has 1 amide bonds.